The first-order valence-electron chi connectivity index (χ1n) is 5.76. The number of hydrogen-bond acceptors (Lipinski definition) is 3. The monoisotopic (exact) mass is 251 g/mol. The summed E-state index contributed by atoms with van der Waals surface area (Å²) in [5.41, 5.74) is 0.979. The zero-order valence-electron chi connectivity index (χ0n) is 10.5. The number of aromatic hydroxyl groups is 1. The average molecular weight is 251 g/mol. The van der Waals surface area contributed by atoms with Crippen LogP contribution < -0.4 is 0 Å². The van der Waals surface area contributed by atoms with E-state index in [1.165, 1.54) is 11.0 Å². The van der Waals surface area contributed by atoms with E-state index < -0.39 is 11.9 Å². The Balaban J connectivity index is 3.01. The Bertz CT molecular complexity index is 456. The lowest BCUT2D eigenvalue weighted by molar-refractivity contribution is -0.137. The highest BCUT2D eigenvalue weighted by Gasteiger charge is 2.20. The predicted octanol–water partition coefficient (Wildman–Crippen LogP) is 1.64. The van der Waals surface area contributed by atoms with Crippen LogP contribution in [0, 0.1) is 6.92 Å². The fourth-order valence-electron chi connectivity index (χ4n) is 1.68. The molecule has 5 nitrogen and oxygen atoms in total. The number of hydrogen-bond donors (Lipinski definition) is 2. The van der Waals surface area contributed by atoms with Crippen molar-refractivity contribution in [3.63, 3.8) is 0 Å². The van der Waals surface area contributed by atoms with Crippen molar-refractivity contribution in [3.05, 3.63) is 29.3 Å². The molecule has 0 saturated heterocycles. The molecule has 1 aromatic rings. The third-order valence-corrected chi connectivity index (χ3v) is 2.49. The summed E-state index contributed by atoms with van der Waals surface area (Å²) in [5, 5.41) is 18.4. The molecule has 18 heavy (non-hydrogen) atoms. The molecule has 1 rings (SSSR count). The first-order valence-corrected chi connectivity index (χ1v) is 5.76. The largest absolute Gasteiger partial charge is 0.507 e. The second-order valence-corrected chi connectivity index (χ2v) is 4.14. The molecule has 0 atom stereocenters. The minimum absolute atomic E-state index is 0.128. The Labute approximate surface area is 106 Å². The molecule has 0 aliphatic rings. The SMILES string of the molecule is CCCN(CC(=O)O)C(=O)c1cc(C)ccc1O. The first-order chi connectivity index (χ1) is 8.45. The number of carboxylic acids is 1. The van der Waals surface area contributed by atoms with Crippen molar-refractivity contribution in [2.24, 2.45) is 0 Å². The van der Waals surface area contributed by atoms with E-state index in [-0.39, 0.29) is 17.9 Å². The number of benzene rings is 1. The third kappa shape index (κ3) is 3.48. The van der Waals surface area contributed by atoms with E-state index in [9.17, 15) is 14.7 Å². The number of carbonyl (C=O) groups excluding carboxylic acids is 1. The molecular weight excluding hydrogens is 234 g/mol. The van der Waals surface area contributed by atoms with Crippen molar-refractivity contribution >= 4 is 11.9 Å². The van der Waals surface area contributed by atoms with Gasteiger partial charge in [0, 0.05) is 6.54 Å². The summed E-state index contributed by atoms with van der Waals surface area (Å²) in [6.07, 6.45) is 0.658. The Hall–Kier alpha value is -2.04. The molecule has 0 heterocycles. The summed E-state index contributed by atoms with van der Waals surface area (Å²) in [4.78, 5) is 24.1. The van der Waals surface area contributed by atoms with Crippen molar-refractivity contribution in [1.82, 2.24) is 4.90 Å². The molecule has 0 spiro atoms. The van der Waals surface area contributed by atoms with Gasteiger partial charge in [-0.2, -0.15) is 0 Å². The molecule has 5 heteroatoms. The summed E-state index contributed by atoms with van der Waals surface area (Å²) in [7, 11) is 0. The Morgan fingerprint density at radius 3 is 2.56 bits per heavy atom. The van der Waals surface area contributed by atoms with E-state index in [0.29, 0.717) is 13.0 Å². The van der Waals surface area contributed by atoms with Gasteiger partial charge in [-0.05, 0) is 25.5 Å². The molecule has 98 valence electrons. The molecular formula is C13H17NO4. The van der Waals surface area contributed by atoms with Crippen LogP contribution >= 0.6 is 0 Å². The highest BCUT2D eigenvalue weighted by Crippen LogP contribution is 2.20. The van der Waals surface area contributed by atoms with Gasteiger partial charge in [0.1, 0.15) is 12.3 Å². The van der Waals surface area contributed by atoms with Gasteiger partial charge in [0.25, 0.3) is 5.91 Å². The van der Waals surface area contributed by atoms with Gasteiger partial charge in [0.2, 0.25) is 0 Å². The summed E-state index contributed by atoms with van der Waals surface area (Å²) in [6, 6.07) is 4.68. The van der Waals surface area contributed by atoms with Gasteiger partial charge in [-0.3, -0.25) is 9.59 Å². The van der Waals surface area contributed by atoms with Crippen LogP contribution in [0.1, 0.15) is 29.3 Å². The van der Waals surface area contributed by atoms with E-state index >= 15 is 0 Å². The van der Waals surface area contributed by atoms with Crippen molar-refractivity contribution in [2.45, 2.75) is 20.3 Å². The summed E-state index contributed by atoms with van der Waals surface area (Å²) >= 11 is 0. The standard InChI is InChI=1S/C13H17NO4/c1-3-6-14(8-12(16)17)13(18)10-7-9(2)4-5-11(10)15/h4-5,7,15H,3,6,8H2,1-2H3,(H,16,17). The highest BCUT2D eigenvalue weighted by molar-refractivity contribution is 5.98. The van der Waals surface area contributed by atoms with E-state index in [4.69, 9.17) is 5.11 Å². The smallest absolute Gasteiger partial charge is 0.323 e. The van der Waals surface area contributed by atoms with Crippen molar-refractivity contribution in [2.75, 3.05) is 13.1 Å². The summed E-state index contributed by atoms with van der Waals surface area (Å²) < 4.78 is 0. The minimum Gasteiger partial charge on any atom is -0.507 e. The molecule has 0 saturated carbocycles. The van der Waals surface area contributed by atoms with Gasteiger partial charge in [0.05, 0.1) is 5.56 Å². The number of phenols is 1. The maximum absolute atomic E-state index is 12.1. The Kier molecular flexibility index (Phi) is 4.71. The van der Waals surface area contributed by atoms with Crippen LogP contribution in [-0.4, -0.2) is 40.1 Å². The van der Waals surface area contributed by atoms with Crippen molar-refractivity contribution in [3.8, 4) is 5.75 Å². The molecule has 0 radical (unpaired) electrons. The number of carbonyl (C=O) groups is 2. The number of amides is 1. The van der Waals surface area contributed by atoms with Gasteiger partial charge in [-0.1, -0.05) is 18.6 Å². The van der Waals surface area contributed by atoms with Gasteiger partial charge in [-0.25, -0.2) is 0 Å². The first kappa shape index (κ1) is 14.0. The van der Waals surface area contributed by atoms with E-state index in [1.807, 2.05) is 6.92 Å². The van der Waals surface area contributed by atoms with Crippen LogP contribution in [0.5, 0.6) is 5.75 Å². The fourth-order valence-corrected chi connectivity index (χ4v) is 1.68. The maximum atomic E-state index is 12.1. The van der Waals surface area contributed by atoms with Crippen LogP contribution in [0.15, 0.2) is 18.2 Å². The fraction of sp³-hybridized carbons (Fsp3) is 0.385. The Morgan fingerprint density at radius 1 is 1.33 bits per heavy atom. The molecule has 0 aliphatic heterocycles. The van der Waals surface area contributed by atoms with Crippen LogP contribution in [0.2, 0.25) is 0 Å². The van der Waals surface area contributed by atoms with Gasteiger partial charge in [0.15, 0.2) is 0 Å². The minimum atomic E-state index is -1.07. The predicted molar refractivity (Wildman–Crippen MR) is 66.7 cm³/mol. The lowest BCUT2D eigenvalue weighted by Crippen LogP contribution is -2.36. The van der Waals surface area contributed by atoms with Crippen LogP contribution in [0.4, 0.5) is 0 Å². The molecule has 0 unspecified atom stereocenters. The van der Waals surface area contributed by atoms with Gasteiger partial charge in [-0.15, -0.1) is 0 Å². The van der Waals surface area contributed by atoms with Gasteiger partial charge >= 0.3 is 5.97 Å². The van der Waals surface area contributed by atoms with Crippen molar-refractivity contribution in [1.29, 1.82) is 0 Å². The lowest BCUT2D eigenvalue weighted by Gasteiger charge is -2.20. The number of aliphatic carboxylic acids is 1. The summed E-state index contributed by atoms with van der Waals surface area (Å²) in [6.45, 7) is 3.65. The number of carboxylic acid groups (broad SMARTS) is 1. The van der Waals surface area contributed by atoms with Crippen LogP contribution in [0.25, 0.3) is 0 Å². The van der Waals surface area contributed by atoms with Crippen LogP contribution in [-0.2, 0) is 4.79 Å². The maximum Gasteiger partial charge on any atom is 0.323 e. The summed E-state index contributed by atoms with van der Waals surface area (Å²) in [5.74, 6) is -1.65. The zero-order chi connectivity index (χ0) is 13.7. The molecule has 2 N–H and O–H groups in total. The van der Waals surface area contributed by atoms with Crippen molar-refractivity contribution < 1.29 is 19.8 Å². The molecule has 1 aromatic carbocycles. The normalized spacial score (nSPS) is 10.1. The molecule has 1 amide bonds. The highest BCUT2D eigenvalue weighted by atomic mass is 16.4. The second kappa shape index (κ2) is 6.05. The Morgan fingerprint density at radius 2 is 2.00 bits per heavy atom. The average Bonchev–Trinajstić information content (AvgIpc) is 2.30. The number of rotatable bonds is 5. The quantitative estimate of drug-likeness (QED) is 0.833. The molecule has 0 aliphatic carbocycles. The lowest BCUT2D eigenvalue weighted by atomic mass is 10.1. The third-order valence-electron chi connectivity index (χ3n) is 2.49. The van der Waals surface area contributed by atoms with E-state index in [0.717, 1.165) is 5.56 Å². The number of aryl methyl sites for hydroxylation is 1. The number of phenolic OH excluding ortho intramolecular Hbond substituents is 1. The molecule has 0 bridgehead atoms. The topological polar surface area (TPSA) is 77.8 Å². The van der Waals surface area contributed by atoms with Crippen LogP contribution in [0.3, 0.4) is 0 Å². The van der Waals surface area contributed by atoms with E-state index in [1.54, 1.807) is 19.1 Å². The molecule has 0 aromatic heterocycles. The van der Waals surface area contributed by atoms with E-state index in [2.05, 4.69) is 0 Å². The number of nitrogens with zero attached hydrogens (tertiary/aromatic N) is 1. The molecule has 0 fully saturated rings. The zero-order valence-corrected chi connectivity index (χ0v) is 10.5. The second-order valence-electron chi connectivity index (χ2n) is 4.14. The van der Waals surface area contributed by atoms with Gasteiger partial charge < -0.3 is 15.1 Å².